The zero-order valence-electron chi connectivity index (χ0n) is 22.8. The molecule has 0 aliphatic rings. The summed E-state index contributed by atoms with van der Waals surface area (Å²) in [5, 5.41) is 26.7. The molecule has 1 amide bonds. The van der Waals surface area contributed by atoms with Gasteiger partial charge in [0.05, 0.1) is 16.7 Å². The van der Waals surface area contributed by atoms with Crippen LogP contribution in [-0.2, 0) is 21.0 Å². The summed E-state index contributed by atoms with van der Waals surface area (Å²) in [4.78, 5) is 13.0. The number of sulfone groups is 1. The summed E-state index contributed by atoms with van der Waals surface area (Å²) in [7, 11) is -4.00. The highest BCUT2D eigenvalue weighted by Crippen LogP contribution is 2.26. The Hall–Kier alpha value is -3.13. The highest BCUT2D eigenvalue weighted by molar-refractivity contribution is 7.91. The van der Waals surface area contributed by atoms with E-state index in [1.165, 1.54) is 18.2 Å². The molecular formula is C28H40N4O5S. The van der Waals surface area contributed by atoms with E-state index < -0.39 is 44.5 Å². The predicted octanol–water partition coefficient (Wildman–Crippen LogP) is 3.79. The van der Waals surface area contributed by atoms with Crippen molar-refractivity contribution in [3.63, 3.8) is 0 Å². The molecule has 0 saturated heterocycles. The van der Waals surface area contributed by atoms with E-state index in [2.05, 4.69) is 16.7 Å². The van der Waals surface area contributed by atoms with Crippen LogP contribution in [0.25, 0.3) is 0 Å². The molecule has 9 nitrogen and oxygen atoms in total. The van der Waals surface area contributed by atoms with E-state index in [9.17, 15) is 18.3 Å². The molecule has 0 radical (unpaired) electrons. The summed E-state index contributed by atoms with van der Waals surface area (Å²) in [5.74, 6) is -0.690. The molecule has 208 valence electrons. The van der Waals surface area contributed by atoms with Crippen LogP contribution in [0.2, 0.25) is 0 Å². The number of hydrogen-bond acceptors (Lipinski definition) is 8. The van der Waals surface area contributed by atoms with Gasteiger partial charge in [0.25, 0.3) is 0 Å². The molecule has 0 fully saturated rings. The average molecular weight is 545 g/mol. The maximum absolute atomic E-state index is 13.3. The number of anilines is 1. The Morgan fingerprint density at radius 1 is 1.11 bits per heavy atom. The molecule has 2 rings (SSSR count). The molecule has 10 heteroatoms. The Bertz CT molecular complexity index is 1220. The van der Waals surface area contributed by atoms with Gasteiger partial charge in [0.2, 0.25) is 0 Å². The molecule has 0 aromatic heterocycles. The van der Waals surface area contributed by atoms with Crippen molar-refractivity contribution in [2.75, 3.05) is 18.0 Å². The summed E-state index contributed by atoms with van der Waals surface area (Å²) in [5.41, 5.74) is 3.98. The monoisotopic (exact) mass is 544 g/mol. The Balaban J connectivity index is 2.54. The third-order valence-electron chi connectivity index (χ3n) is 6.01. The Morgan fingerprint density at radius 3 is 2.34 bits per heavy atom. The lowest BCUT2D eigenvalue weighted by atomic mass is 9.86. The largest absolute Gasteiger partial charge is 0.444 e. The first-order chi connectivity index (χ1) is 17.6. The van der Waals surface area contributed by atoms with Crippen LogP contribution in [0.4, 0.5) is 10.5 Å². The van der Waals surface area contributed by atoms with E-state index in [1.807, 2.05) is 44.2 Å². The number of nitrogens with two attached hydrogens (primary N) is 1. The van der Waals surface area contributed by atoms with Gasteiger partial charge < -0.3 is 20.9 Å². The van der Waals surface area contributed by atoms with Gasteiger partial charge in [-0.1, -0.05) is 50.2 Å². The summed E-state index contributed by atoms with van der Waals surface area (Å²) in [6, 6.07) is 17.1. The van der Waals surface area contributed by atoms with Gasteiger partial charge in [-0.05, 0) is 56.4 Å². The number of nitrogen functional groups attached to an aromatic ring is 1. The van der Waals surface area contributed by atoms with Crippen molar-refractivity contribution in [1.29, 1.82) is 5.26 Å². The fraction of sp³-hybridized carbons (Fsp3) is 0.500. The summed E-state index contributed by atoms with van der Waals surface area (Å²) < 4.78 is 32.2. The summed E-state index contributed by atoms with van der Waals surface area (Å²) in [6.07, 6.45) is -1.45. The zero-order valence-corrected chi connectivity index (χ0v) is 23.6. The predicted molar refractivity (Wildman–Crippen MR) is 148 cm³/mol. The van der Waals surface area contributed by atoms with Crippen molar-refractivity contribution in [3.05, 3.63) is 60.2 Å². The van der Waals surface area contributed by atoms with Gasteiger partial charge in [0, 0.05) is 25.1 Å². The van der Waals surface area contributed by atoms with Gasteiger partial charge in [-0.3, -0.25) is 5.32 Å². The zero-order chi connectivity index (χ0) is 28.6. The van der Waals surface area contributed by atoms with Gasteiger partial charge in [-0.15, -0.1) is 0 Å². The van der Waals surface area contributed by atoms with E-state index in [4.69, 9.17) is 15.7 Å². The van der Waals surface area contributed by atoms with Crippen LogP contribution in [0.1, 0.15) is 53.0 Å². The number of ether oxygens (including phenoxy) is 1. The number of aliphatic hydroxyl groups is 1. The molecule has 0 saturated carbocycles. The molecule has 0 aliphatic heterocycles. The molecule has 0 spiro atoms. The van der Waals surface area contributed by atoms with Crippen LogP contribution in [0.3, 0.4) is 0 Å². The minimum absolute atomic E-state index is 0.0308. The Labute approximate surface area is 226 Å². The first-order valence-electron chi connectivity index (χ1n) is 12.5. The standard InChI is InChI=1S/C28H40N4O5S/c1-26(2,3)37-25(34)32-28(18-21-11-7-6-8-12-21,31-20-27(4,5)15-10-16-29)24(33)19-38(35,36)23-14-9-13-22(30)17-23/h6-9,11-14,17,24,31,33H,10,15,18-20,30H2,1-5H3,(H,32,34). The highest BCUT2D eigenvalue weighted by atomic mass is 32.2. The second-order valence-electron chi connectivity index (χ2n) is 11.3. The first kappa shape index (κ1) is 31.1. The lowest BCUT2D eigenvalue weighted by Crippen LogP contribution is -2.69. The van der Waals surface area contributed by atoms with Crippen molar-refractivity contribution in [2.24, 2.45) is 5.41 Å². The molecule has 5 N–H and O–H groups in total. The van der Waals surface area contributed by atoms with E-state index in [1.54, 1.807) is 26.8 Å². The number of benzene rings is 2. The van der Waals surface area contributed by atoms with Crippen LogP contribution >= 0.6 is 0 Å². The third-order valence-corrected chi connectivity index (χ3v) is 7.74. The van der Waals surface area contributed by atoms with Crippen LogP contribution in [0.5, 0.6) is 0 Å². The van der Waals surface area contributed by atoms with Crippen LogP contribution in [0.15, 0.2) is 59.5 Å². The second kappa shape index (κ2) is 12.6. The van der Waals surface area contributed by atoms with Gasteiger partial charge >= 0.3 is 6.09 Å². The lowest BCUT2D eigenvalue weighted by molar-refractivity contribution is 0.0121. The van der Waals surface area contributed by atoms with Crippen molar-refractivity contribution in [2.45, 2.75) is 76.1 Å². The van der Waals surface area contributed by atoms with Crippen molar-refractivity contribution < 1.29 is 23.1 Å². The minimum Gasteiger partial charge on any atom is -0.444 e. The van der Waals surface area contributed by atoms with E-state index in [-0.39, 0.29) is 23.5 Å². The molecule has 2 unspecified atom stereocenters. The number of aliphatic hydroxyl groups excluding tert-OH is 1. The number of alkyl carbamates (subject to hydrolysis) is 1. The van der Waals surface area contributed by atoms with E-state index >= 15 is 0 Å². The number of nitrogens with zero attached hydrogens (tertiary/aromatic N) is 1. The van der Waals surface area contributed by atoms with Crippen molar-refractivity contribution >= 4 is 21.6 Å². The molecule has 2 atom stereocenters. The normalized spacial score (nSPS) is 14.7. The van der Waals surface area contributed by atoms with Gasteiger partial charge in [-0.25, -0.2) is 13.2 Å². The summed E-state index contributed by atoms with van der Waals surface area (Å²) >= 11 is 0. The van der Waals surface area contributed by atoms with E-state index in [0.29, 0.717) is 12.8 Å². The molecule has 0 bridgehead atoms. The Kier molecular flexibility index (Phi) is 10.3. The summed E-state index contributed by atoms with van der Waals surface area (Å²) in [6.45, 7) is 9.31. The van der Waals surface area contributed by atoms with Crippen molar-refractivity contribution in [1.82, 2.24) is 10.6 Å². The molecule has 0 aliphatic carbocycles. The molecule has 0 heterocycles. The second-order valence-corrected chi connectivity index (χ2v) is 13.3. The van der Waals surface area contributed by atoms with Crippen molar-refractivity contribution in [3.8, 4) is 6.07 Å². The third kappa shape index (κ3) is 9.63. The topological polar surface area (TPSA) is 155 Å². The molecule has 38 heavy (non-hydrogen) atoms. The smallest absolute Gasteiger partial charge is 0.409 e. The van der Waals surface area contributed by atoms with Gasteiger partial charge in [0.15, 0.2) is 9.84 Å². The lowest BCUT2D eigenvalue weighted by Gasteiger charge is -2.42. The fourth-order valence-electron chi connectivity index (χ4n) is 3.91. The molecule has 2 aromatic carbocycles. The minimum atomic E-state index is -4.00. The molecule has 2 aromatic rings. The fourth-order valence-corrected chi connectivity index (χ4v) is 5.40. The maximum atomic E-state index is 13.3. The number of nitriles is 1. The number of amides is 1. The number of hydrogen-bond donors (Lipinski definition) is 4. The SMILES string of the molecule is CC(C)(CCC#N)CNC(Cc1ccccc1)(NC(=O)OC(C)(C)C)C(O)CS(=O)(=O)c1cccc(N)c1. The average Bonchev–Trinajstić information content (AvgIpc) is 2.80. The maximum Gasteiger partial charge on any atom is 0.409 e. The molecular weight excluding hydrogens is 504 g/mol. The van der Waals surface area contributed by atoms with Gasteiger partial charge in [-0.2, -0.15) is 5.26 Å². The first-order valence-corrected chi connectivity index (χ1v) is 14.2. The Morgan fingerprint density at radius 2 is 1.76 bits per heavy atom. The van der Waals surface area contributed by atoms with Gasteiger partial charge in [0.1, 0.15) is 17.4 Å². The van der Waals surface area contributed by atoms with Crippen LogP contribution in [0, 0.1) is 16.7 Å². The number of carbonyl (C=O) groups is 1. The number of carbonyl (C=O) groups excluding carboxylic acids is 1. The number of nitrogens with one attached hydrogen (secondary N) is 2. The quantitative estimate of drug-likeness (QED) is 0.232. The van der Waals surface area contributed by atoms with E-state index in [0.717, 1.165) is 5.56 Å². The van der Waals surface area contributed by atoms with Crippen LogP contribution < -0.4 is 16.4 Å². The highest BCUT2D eigenvalue weighted by Gasteiger charge is 2.44. The van der Waals surface area contributed by atoms with Crippen LogP contribution in [-0.4, -0.2) is 49.3 Å². The number of rotatable bonds is 12.